The standard InChI is InChI=1S/C16H20O/c1-3-6-14-11(2)16-13-8-5-4-7-12(13)9-10-15(16)17-14/h3,6,9-10,15-16H,4-5,7-8H2,1-2H3/b6-3-. The molecular formula is C16H20O. The summed E-state index contributed by atoms with van der Waals surface area (Å²) in [7, 11) is 0. The summed E-state index contributed by atoms with van der Waals surface area (Å²) in [6, 6.07) is 0. The van der Waals surface area contributed by atoms with Gasteiger partial charge in [0.1, 0.15) is 11.9 Å². The molecule has 3 aliphatic rings. The third-order valence-electron chi connectivity index (χ3n) is 4.18. The third-order valence-corrected chi connectivity index (χ3v) is 4.18. The summed E-state index contributed by atoms with van der Waals surface area (Å²) in [5.74, 6) is 1.62. The molecule has 0 N–H and O–H groups in total. The van der Waals surface area contributed by atoms with Crippen LogP contribution in [0.3, 0.4) is 0 Å². The molecule has 2 atom stereocenters. The average molecular weight is 228 g/mol. The number of rotatable bonds is 1. The van der Waals surface area contributed by atoms with Crippen LogP contribution in [-0.4, -0.2) is 6.10 Å². The summed E-state index contributed by atoms with van der Waals surface area (Å²) in [6.45, 7) is 4.28. The largest absolute Gasteiger partial charge is 0.485 e. The van der Waals surface area contributed by atoms with Gasteiger partial charge in [0.05, 0.1) is 0 Å². The van der Waals surface area contributed by atoms with Crippen molar-refractivity contribution in [3.05, 3.63) is 46.8 Å². The molecule has 2 unspecified atom stereocenters. The van der Waals surface area contributed by atoms with Crippen molar-refractivity contribution >= 4 is 0 Å². The maximum absolute atomic E-state index is 6.04. The third kappa shape index (κ3) is 1.69. The van der Waals surface area contributed by atoms with Crippen molar-refractivity contribution in [2.45, 2.75) is 45.6 Å². The van der Waals surface area contributed by atoms with Gasteiger partial charge in [-0.1, -0.05) is 17.7 Å². The normalized spacial score (nSPS) is 31.9. The van der Waals surface area contributed by atoms with E-state index in [4.69, 9.17) is 4.74 Å². The Morgan fingerprint density at radius 2 is 2.12 bits per heavy atom. The van der Waals surface area contributed by atoms with Crippen LogP contribution in [0.15, 0.2) is 46.8 Å². The highest BCUT2D eigenvalue weighted by atomic mass is 16.5. The molecule has 0 aromatic carbocycles. The van der Waals surface area contributed by atoms with E-state index in [2.05, 4.69) is 31.2 Å². The molecule has 0 bridgehead atoms. The fourth-order valence-corrected chi connectivity index (χ4v) is 3.35. The lowest BCUT2D eigenvalue weighted by molar-refractivity contribution is 0.167. The Hall–Kier alpha value is -1.24. The predicted octanol–water partition coefficient (Wildman–Crippen LogP) is 4.29. The minimum Gasteiger partial charge on any atom is -0.485 e. The van der Waals surface area contributed by atoms with E-state index in [0.29, 0.717) is 5.92 Å². The lowest BCUT2D eigenvalue weighted by Gasteiger charge is -2.30. The minimum absolute atomic E-state index is 0.262. The molecule has 0 radical (unpaired) electrons. The Morgan fingerprint density at radius 3 is 2.94 bits per heavy atom. The van der Waals surface area contributed by atoms with Gasteiger partial charge in [0.15, 0.2) is 0 Å². The van der Waals surface area contributed by atoms with Crippen molar-refractivity contribution in [1.82, 2.24) is 0 Å². The van der Waals surface area contributed by atoms with Crippen LogP contribution in [0.4, 0.5) is 0 Å². The number of hydrogen-bond acceptors (Lipinski definition) is 1. The molecule has 2 aliphatic carbocycles. The van der Waals surface area contributed by atoms with E-state index in [1.165, 1.54) is 31.3 Å². The highest BCUT2D eigenvalue weighted by Gasteiger charge is 2.37. The zero-order valence-electron chi connectivity index (χ0n) is 10.7. The van der Waals surface area contributed by atoms with Crippen molar-refractivity contribution in [2.24, 2.45) is 5.92 Å². The van der Waals surface area contributed by atoms with Gasteiger partial charge in [-0.15, -0.1) is 0 Å². The van der Waals surface area contributed by atoms with Crippen molar-refractivity contribution in [1.29, 1.82) is 0 Å². The van der Waals surface area contributed by atoms with Crippen LogP contribution < -0.4 is 0 Å². The van der Waals surface area contributed by atoms with E-state index in [-0.39, 0.29) is 6.10 Å². The SMILES string of the molecule is C/C=C\C1=C(C)C2C3=C(C=CC2O1)CCCC3. The lowest BCUT2D eigenvalue weighted by atomic mass is 9.75. The molecule has 0 aromatic heterocycles. The Labute approximate surface area is 104 Å². The maximum Gasteiger partial charge on any atom is 0.128 e. The Bertz CT molecular complexity index is 448. The van der Waals surface area contributed by atoms with Crippen LogP contribution in [0.2, 0.25) is 0 Å². The molecule has 1 heteroatoms. The molecule has 0 saturated heterocycles. The smallest absolute Gasteiger partial charge is 0.128 e. The minimum atomic E-state index is 0.262. The van der Waals surface area contributed by atoms with Crippen LogP contribution in [0.5, 0.6) is 0 Å². The molecule has 3 rings (SSSR count). The zero-order valence-corrected chi connectivity index (χ0v) is 10.7. The van der Waals surface area contributed by atoms with E-state index < -0.39 is 0 Å². The first-order chi connectivity index (χ1) is 8.31. The molecular weight excluding hydrogens is 208 g/mol. The molecule has 0 spiro atoms. The first-order valence-electron chi connectivity index (χ1n) is 6.71. The summed E-state index contributed by atoms with van der Waals surface area (Å²) in [6.07, 6.45) is 14.2. The van der Waals surface area contributed by atoms with Gasteiger partial charge in [0.2, 0.25) is 0 Å². The van der Waals surface area contributed by atoms with Crippen LogP contribution >= 0.6 is 0 Å². The maximum atomic E-state index is 6.04. The number of allylic oxidation sites excluding steroid dienone is 4. The summed E-state index contributed by atoms with van der Waals surface area (Å²) in [5.41, 5.74) is 4.66. The number of fused-ring (bicyclic) bond motifs is 2. The van der Waals surface area contributed by atoms with E-state index in [0.717, 1.165) is 5.76 Å². The quantitative estimate of drug-likeness (QED) is 0.650. The molecule has 0 saturated carbocycles. The van der Waals surface area contributed by atoms with Gasteiger partial charge in [0.25, 0.3) is 0 Å². The highest BCUT2D eigenvalue weighted by molar-refractivity contribution is 5.44. The lowest BCUT2D eigenvalue weighted by Crippen LogP contribution is -2.23. The average Bonchev–Trinajstić information content (AvgIpc) is 2.67. The van der Waals surface area contributed by atoms with Gasteiger partial charge < -0.3 is 4.74 Å². The van der Waals surface area contributed by atoms with E-state index in [1.807, 2.05) is 6.92 Å². The summed E-state index contributed by atoms with van der Waals surface area (Å²) in [5, 5.41) is 0. The second kappa shape index (κ2) is 4.21. The Balaban J connectivity index is 2.00. The topological polar surface area (TPSA) is 9.23 Å². The molecule has 0 fully saturated rings. The molecule has 1 heterocycles. The number of hydrogen-bond donors (Lipinski definition) is 0. The van der Waals surface area contributed by atoms with Crippen LogP contribution in [-0.2, 0) is 4.74 Å². The summed E-state index contributed by atoms with van der Waals surface area (Å²) in [4.78, 5) is 0. The van der Waals surface area contributed by atoms with Crippen molar-refractivity contribution in [2.75, 3.05) is 0 Å². The zero-order chi connectivity index (χ0) is 11.8. The first kappa shape index (κ1) is 10.9. The van der Waals surface area contributed by atoms with Crippen LogP contribution in [0.1, 0.15) is 39.5 Å². The molecule has 0 aromatic rings. The molecule has 1 aliphatic heterocycles. The van der Waals surface area contributed by atoms with Crippen LogP contribution in [0.25, 0.3) is 0 Å². The Morgan fingerprint density at radius 1 is 1.29 bits per heavy atom. The van der Waals surface area contributed by atoms with E-state index >= 15 is 0 Å². The van der Waals surface area contributed by atoms with Gasteiger partial charge in [-0.25, -0.2) is 0 Å². The van der Waals surface area contributed by atoms with Crippen molar-refractivity contribution in [3.8, 4) is 0 Å². The second-order valence-electron chi connectivity index (χ2n) is 5.22. The van der Waals surface area contributed by atoms with E-state index in [9.17, 15) is 0 Å². The fraction of sp³-hybridized carbons (Fsp3) is 0.500. The van der Waals surface area contributed by atoms with E-state index in [1.54, 1.807) is 11.1 Å². The predicted molar refractivity (Wildman–Crippen MR) is 70.5 cm³/mol. The Kier molecular flexibility index (Phi) is 2.70. The van der Waals surface area contributed by atoms with Gasteiger partial charge in [-0.2, -0.15) is 0 Å². The first-order valence-corrected chi connectivity index (χ1v) is 6.71. The summed E-state index contributed by atoms with van der Waals surface area (Å²) >= 11 is 0. The highest BCUT2D eigenvalue weighted by Crippen LogP contribution is 2.45. The van der Waals surface area contributed by atoms with Crippen LogP contribution in [0, 0.1) is 5.92 Å². The van der Waals surface area contributed by atoms with Gasteiger partial charge in [-0.3, -0.25) is 0 Å². The monoisotopic (exact) mass is 228 g/mol. The van der Waals surface area contributed by atoms with Gasteiger partial charge in [0, 0.05) is 5.92 Å². The molecule has 90 valence electrons. The summed E-state index contributed by atoms with van der Waals surface area (Å²) < 4.78 is 6.04. The molecule has 17 heavy (non-hydrogen) atoms. The van der Waals surface area contributed by atoms with Gasteiger partial charge in [-0.05, 0) is 62.8 Å². The van der Waals surface area contributed by atoms with Gasteiger partial charge >= 0.3 is 0 Å². The molecule has 0 amide bonds. The molecule has 1 nitrogen and oxygen atoms in total. The van der Waals surface area contributed by atoms with Crippen molar-refractivity contribution < 1.29 is 4.74 Å². The van der Waals surface area contributed by atoms with Crippen molar-refractivity contribution in [3.63, 3.8) is 0 Å². The second-order valence-corrected chi connectivity index (χ2v) is 5.22. The number of ether oxygens (including phenoxy) is 1. The fourth-order valence-electron chi connectivity index (χ4n) is 3.35.